The molecule has 0 saturated heterocycles. The Morgan fingerprint density at radius 2 is 1.61 bits per heavy atom. The molecule has 1 saturated carbocycles. The summed E-state index contributed by atoms with van der Waals surface area (Å²) in [5, 5.41) is 3.22. The summed E-state index contributed by atoms with van der Waals surface area (Å²) in [5.74, 6) is 0.437. The maximum atomic E-state index is 13.4. The Morgan fingerprint density at radius 1 is 0.970 bits per heavy atom. The van der Waals surface area contributed by atoms with Crippen molar-refractivity contribution in [1.82, 2.24) is 10.2 Å². The van der Waals surface area contributed by atoms with E-state index in [1.165, 1.54) is 6.42 Å². The minimum atomic E-state index is -0.524. The van der Waals surface area contributed by atoms with Crippen molar-refractivity contribution in [2.24, 2.45) is 0 Å². The van der Waals surface area contributed by atoms with Crippen LogP contribution in [-0.2, 0) is 16.1 Å². The molecule has 0 radical (unpaired) electrons. The van der Waals surface area contributed by atoms with Gasteiger partial charge in [-0.3, -0.25) is 9.59 Å². The van der Waals surface area contributed by atoms with Crippen LogP contribution >= 0.6 is 0 Å². The van der Waals surface area contributed by atoms with E-state index in [2.05, 4.69) is 11.4 Å². The minimum Gasteiger partial charge on any atom is -0.484 e. The number of nitrogens with one attached hydrogen (secondary N) is 1. The van der Waals surface area contributed by atoms with Crippen LogP contribution in [0.4, 0.5) is 0 Å². The first-order valence-corrected chi connectivity index (χ1v) is 12.2. The predicted molar refractivity (Wildman–Crippen MR) is 132 cm³/mol. The predicted octanol–water partition coefficient (Wildman–Crippen LogP) is 5.25. The van der Waals surface area contributed by atoms with E-state index in [1.807, 2.05) is 64.1 Å². The molecule has 0 spiro atoms. The molecule has 33 heavy (non-hydrogen) atoms. The number of carbonyl (C=O) groups is 2. The van der Waals surface area contributed by atoms with Gasteiger partial charge in [0.1, 0.15) is 11.8 Å². The second-order valence-corrected chi connectivity index (χ2v) is 9.39. The van der Waals surface area contributed by atoms with Gasteiger partial charge in [-0.25, -0.2) is 0 Å². The zero-order valence-corrected chi connectivity index (χ0v) is 20.5. The Bertz CT molecular complexity index is 912. The lowest BCUT2D eigenvalue weighted by molar-refractivity contribution is -0.143. The second kappa shape index (κ2) is 11.9. The van der Waals surface area contributed by atoms with Gasteiger partial charge in [0, 0.05) is 12.6 Å². The van der Waals surface area contributed by atoms with Crippen molar-refractivity contribution in [2.45, 2.75) is 84.8 Å². The Hall–Kier alpha value is -2.82. The van der Waals surface area contributed by atoms with Crippen LogP contribution in [0.3, 0.4) is 0 Å². The van der Waals surface area contributed by atoms with Crippen molar-refractivity contribution in [2.75, 3.05) is 6.61 Å². The standard InChI is InChI=1S/C28H38N2O3/c1-5-26(28(32)29-24-9-7-6-8-10-24)30(18-23-13-11-20(2)12-14-23)27(31)19-33-25-16-21(3)15-22(4)17-25/h11-17,24,26H,5-10,18-19H2,1-4H3,(H,29,32)/t26-/m0/s1. The number of rotatable bonds is 9. The highest BCUT2D eigenvalue weighted by Gasteiger charge is 2.30. The van der Waals surface area contributed by atoms with Crippen LogP contribution in [0.5, 0.6) is 5.75 Å². The highest BCUT2D eigenvalue weighted by atomic mass is 16.5. The normalized spacial score (nSPS) is 15.0. The van der Waals surface area contributed by atoms with E-state index in [-0.39, 0.29) is 24.5 Å². The molecule has 0 heterocycles. The third-order valence-electron chi connectivity index (χ3n) is 6.37. The molecule has 5 nitrogen and oxygen atoms in total. The molecule has 3 rings (SSSR count). The second-order valence-electron chi connectivity index (χ2n) is 9.39. The molecule has 1 N–H and O–H groups in total. The van der Waals surface area contributed by atoms with E-state index in [4.69, 9.17) is 4.74 Å². The molecule has 0 unspecified atom stereocenters. The molecule has 1 atom stereocenters. The monoisotopic (exact) mass is 450 g/mol. The van der Waals surface area contributed by atoms with Crippen molar-refractivity contribution >= 4 is 11.8 Å². The molecule has 0 aliphatic heterocycles. The van der Waals surface area contributed by atoms with Crippen LogP contribution in [0.25, 0.3) is 0 Å². The number of amides is 2. The summed E-state index contributed by atoms with van der Waals surface area (Å²) in [5.41, 5.74) is 4.35. The van der Waals surface area contributed by atoms with Gasteiger partial charge in [-0.05, 0) is 68.9 Å². The van der Waals surface area contributed by atoms with E-state index in [9.17, 15) is 9.59 Å². The number of ether oxygens (including phenoxy) is 1. The van der Waals surface area contributed by atoms with Crippen LogP contribution in [0.15, 0.2) is 42.5 Å². The minimum absolute atomic E-state index is 0.0590. The fraction of sp³-hybridized carbons (Fsp3) is 0.500. The van der Waals surface area contributed by atoms with Crippen LogP contribution in [0.1, 0.15) is 67.7 Å². The molecule has 0 bridgehead atoms. The summed E-state index contributed by atoms with van der Waals surface area (Å²) in [4.78, 5) is 28.3. The van der Waals surface area contributed by atoms with Crippen molar-refractivity contribution in [3.8, 4) is 5.75 Å². The molecule has 5 heteroatoms. The SMILES string of the molecule is CC[C@@H](C(=O)NC1CCCCC1)N(Cc1ccc(C)cc1)C(=O)COc1cc(C)cc(C)c1. The van der Waals surface area contributed by atoms with Crippen LogP contribution in [-0.4, -0.2) is 35.4 Å². The Morgan fingerprint density at radius 3 is 2.21 bits per heavy atom. The zero-order chi connectivity index (χ0) is 23.8. The van der Waals surface area contributed by atoms with Crippen molar-refractivity contribution in [3.05, 3.63) is 64.7 Å². The fourth-order valence-electron chi connectivity index (χ4n) is 4.60. The topological polar surface area (TPSA) is 58.6 Å². The Kier molecular flexibility index (Phi) is 8.93. The van der Waals surface area contributed by atoms with E-state index in [0.717, 1.165) is 47.9 Å². The van der Waals surface area contributed by atoms with Gasteiger partial charge in [-0.1, -0.05) is 62.1 Å². The lowest BCUT2D eigenvalue weighted by atomic mass is 9.95. The van der Waals surface area contributed by atoms with Gasteiger partial charge in [-0.15, -0.1) is 0 Å². The number of benzene rings is 2. The molecule has 1 aliphatic rings. The number of carbonyl (C=O) groups excluding carboxylic acids is 2. The fourth-order valence-corrected chi connectivity index (χ4v) is 4.60. The number of hydrogen-bond acceptors (Lipinski definition) is 3. The molecule has 1 fully saturated rings. The van der Waals surface area contributed by atoms with Crippen molar-refractivity contribution < 1.29 is 14.3 Å². The number of hydrogen-bond donors (Lipinski definition) is 1. The largest absolute Gasteiger partial charge is 0.484 e. The first-order valence-electron chi connectivity index (χ1n) is 12.2. The van der Waals surface area contributed by atoms with Gasteiger partial charge in [0.15, 0.2) is 6.61 Å². The van der Waals surface area contributed by atoms with Crippen LogP contribution in [0, 0.1) is 20.8 Å². The lowest BCUT2D eigenvalue weighted by Gasteiger charge is -2.32. The number of aryl methyl sites for hydroxylation is 3. The molecule has 2 aromatic carbocycles. The summed E-state index contributed by atoms with van der Waals surface area (Å²) in [6.07, 6.45) is 6.12. The van der Waals surface area contributed by atoms with Gasteiger partial charge in [-0.2, -0.15) is 0 Å². The molecular formula is C28H38N2O3. The third-order valence-corrected chi connectivity index (χ3v) is 6.37. The summed E-state index contributed by atoms with van der Waals surface area (Å²) < 4.78 is 5.87. The molecule has 2 amide bonds. The smallest absolute Gasteiger partial charge is 0.261 e. The summed E-state index contributed by atoms with van der Waals surface area (Å²) in [7, 11) is 0. The first-order chi connectivity index (χ1) is 15.9. The summed E-state index contributed by atoms with van der Waals surface area (Å²) >= 11 is 0. The maximum Gasteiger partial charge on any atom is 0.261 e. The average molecular weight is 451 g/mol. The maximum absolute atomic E-state index is 13.4. The van der Waals surface area contributed by atoms with E-state index >= 15 is 0 Å². The molecule has 178 valence electrons. The van der Waals surface area contributed by atoms with Crippen molar-refractivity contribution in [3.63, 3.8) is 0 Å². The van der Waals surface area contributed by atoms with Gasteiger partial charge in [0.05, 0.1) is 0 Å². The van der Waals surface area contributed by atoms with Crippen LogP contribution in [0.2, 0.25) is 0 Å². The average Bonchev–Trinajstić information content (AvgIpc) is 2.78. The lowest BCUT2D eigenvalue weighted by Crippen LogP contribution is -2.52. The molecule has 1 aliphatic carbocycles. The number of nitrogens with zero attached hydrogens (tertiary/aromatic N) is 1. The van der Waals surface area contributed by atoms with Gasteiger partial charge < -0.3 is 15.0 Å². The summed E-state index contributed by atoms with van der Waals surface area (Å²) in [6.45, 7) is 8.30. The Balaban J connectivity index is 1.76. The zero-order valence-electron chi connectivity index (χ0n) is 20.5. The summed E-state index contributed by atoms with van der Waals surface area (Å²) in [6, 6.07) is 13.7. The molecule has 2 aromatic rings. The highest BCUT2D eigenvalue weighted by Crippen LogP contribution is 2.20. The van der Waals surface area contributed by atoms with E-state index < -0.39 is 6.04 Å². The molecular weight excluding hydrogens is 412 g/mol. The van der Waals surface area contributed by atoms with E-state index in [0.29, 0.717) is 18.7 Å². The molecule has 0 aromatic heterocycles. The third kappa shape index (κ3) is 7.34. The van der Waals surface area contributed by atoms with Gasteiger partial charge in [0.2, 0.25) is 5.91 Å². The van der Waals surface area contributed by atoms with Gasteiger partial charge >= 0.3 is 0 Å². The highest BCUT2D eigenvalue weighted by molar-refractivity contribution is 5.88. The van der Waals surface area contributed by atoms with E-state index in [1.54, 1.807) is 4.90 Å². The first kappa shape index (κ1) is 24.8. The van der Waals surface area contributed by atoms with Gasteiger partial charge in [0.25, 0.3) is 5.91 Å². The van der Waals surface area contributed by atoms with Crippen molar-refractivity contribution in [1.29, 1.82) is 0 Å². The quantitative estimate of drug-likeness (QED) is 0.568. The Labute approximate surface area is 198 Å². The van der Waals surface area contributed by atoms with Crippen LogP contribution < -0.4 is 10.1 Å².